The second-order valence-corrected chi connectivity index (χ2v) is 6.43. The Morgan fingerprint density at radius 1 is 1.22 bits per heavy atom. The minimum atomic E-state index is -3.19. The number of sulfone groups is 1. The lowest BCUT2D eigenvalue weighted by Gasteiger charge is -2.16. The van der Waals surface area contributed by atoms with Crippen LogP contribution in [-0.4, -0.2) is 48.3 Å². The molecule has 0 amide bonds. The van der Waals surface area contributed by atoms with Crippen molar-refractivity contribution in [2.75, 3.05) is 16.8 Å². The van der Waals surface area contributed by atoms with E-state index in [-0.39, 0.29) is 17.1 Å². The summed E-state index contributed by atoms with van der Waals surface area (Å²) in [6.07, 6.45) is -0.936. The van der Waals surface area contributed by atoms with Crippen LogP contribution in [0.2, 0.25) is 0 Å². The molecule has 0 bridgehead atoms. The highest BCUT2D eigenvalue weighted by atomic mass is 32.2. The molecule has 2 atom stereocenters. The summed E-state index contributed by atoms with van der Waals surface area (Å²) in [7, 11) is -3.19. The number of benzene rings is 1. The third kappa shape index (κ3) is 2.80. The van der Waals surface area contributed by atoms with E-state index in [1.807, 2.05) is 0 Å². The van der Waals surface area contributed by atoms with Crippen LogP contribution in [0.1, 0.15) is 10.4 Å². The van der Waals surface area contributed by atoms with E-state index in [9.17, 15) is 18.3 Å². The number of rotatable bonds is 3. The zero-order valence-electron chi connectivity index (χ0n) is 9.41. The highest BCUT2D eigenvalue weighted by molar-refractivity contribution is 7.91. The summed E-state index contributed by atoms with van der Waals surface area (Å²) in [5, 5.41) is 21.2. The smallest absolute Gasteiger partial charge is 0.335 e. The van der Waals surface area contributed by atoms with Gasteiger partial charge >= 0.3 is 5.97 Å². The fraction of sp³-hybridized carbons (Fsp3) is 0.364. The van der Waals surface area contributed by atoms with E-state index in [1.54, 1.807) is 12.1 Å². The molecule has 1 aromatic carbocycles. The van der Waals surface area contributed by atoms with Crippen LogP contribution in [0.4, 0.5) is 5.69 Å². The van der Waals surface area contributed by atoms with Crippen LogP contribution < -0.4 is 5.32 Å². The maximum absolute atomic E-state index is 11.3. The number of carboxylic acid groups (broad SMARTS) is 1. The highest BCUT2D eigenvalue weighted by Crippen LogP contribution is 2.18. The molecule has 0 radical (unpaired) electrons. The average Bonchev–Trinajstić information content (AvgIpc) is 2.52. The van der Waals surface area contributed by atoms with Crippen molar-refractivity contribution in [2.24, 2.45) is 0 Å². The largest absolute Gasteiger partial charge is 0.478 e. The minimum Gasteiger partial charge on any atom is -0.478 e. The summed E-state index contributed by atoms with van der Waals surface area (Å²) in [5.74, 6) is -1.38. The standard InChI is InChI=1S/C11H13NO5S/c13-10-6-18(16,17)5-9(10)12-8-3-1-7(2-4-8)11(14)15/h1-4,9-10,12-13H,5-6H2,(H,14,15)/t9-,10-/m0/s1. The van der Waals surface area contributed by atoms with Crippen molar-refractivity contribution in [3.63, 3.8) is 0 Å². The van der Waals surface area contributed by atoms with Gasteiger partial charge in [0.25, 0.3) is 0 Å². The van der Waals surface area contributed by atoms with Crippen LogP contribution in [0.15, 0.2) is 24.3 Å². The van der Waals surface area contributed by atoms with E-state index in [1.165, 1.54) is 12.1 Å². The lowest BCUT2D eigenvalue weighted by atomic mass is 10.1. The summed E-state index contributed by atoms with van der Waals surface area (Å²) >= 11 is 0. The van der Waals surface area contributed by atoms with Crippen molar-refractivity contribution >= 4 is 21.5 Å². The van der Waals surface area contributed by atoms with Crippen LogP contribution in [-0.2, 0) is 9.84 Å². The number of aliphatic hydroxyl groups excluding tert-OH is 1. The van der Waals surface area contributed by atoms with E-state index in [0.717, 1.165) is 0 Å². The van der Waals surface area contributed by atoms with Crippen molar-refractivity contribution in [3.8, 4) is 0 Å². The van der Waals surface area contributed by atoms with Crippen LogP contribution in [0.25, 0.3) is 0 Å². The second-order valence-electron chi connectivity index (χ2n) is 4.28. The number of nitrogens with one attached hydrogen (secondary N) is 1. The van der Waals surface area contributed by atoms with Crippen molar-refractivity contribution in [3.05, 3.63) is 29.8 Å². The van der Waals surface area contributed by atoms with Gasteiger partial charge in [-0.15, -0.1) is 0 Å². The molecule has 7 heteroatoms. The molecule has 0 aromatic heterocycles. The lowest BCUT2D eigenvalue weighted by molar-refractivity contribution is 0.0697. The highest BCUT2D eigenvalue weighted by Gasteiger charge is 2.36. The number of hydrogen-bond acceptors (Lipinski definition) is 5. The molecule has 1 aliphatic rings. The van der Waals surface area contributed by atoms with Gasteiger partial charge in [0.05, 0.1) is 29.2 Å². The Morgan fingerprint density at radius 2 is 1.83 bits per heavy atom. The third-order valence-electron chi connectivity index (χ3n) is 2.81. The van der Waals surface area contributed by atoms with Gasteiger partial charge in [-0.25, -0.2) is 13.2 Å². The van der Waals surface area contributed by atoms with E-state index >= 15 is 0 Å². The Labute approximate surface area is 104 Å². The van der Waals surface area contributed by atoms with Crippen molar-refractivity contribution in [2.45, 2.75) is 12.1 Å². The molecule has 1 aromatic rings. The van der Waals surface area contributed by atoms with Gasteiger partial charge in [0.1, 0.15) is 0 Å². The van der Waals surface area contributed by atoms with Crippen molar-refractivity contribution in [1.29, 1.82) is 0 Å². The summed E-state index contributed by atoms with van der Waals surface area (Å²) in [6.45, 7) is 0. The second kappa shape index (κ2) is 4.58. The maximum atomic E-state index is 11.3. The third-order valence-corrected chi connectivity index (χ3v) is 4.52. The number of aromatic carboxylic acids is 1. The van der Waals surface area contributed by atoms with Gasteiger partial charge in [-0.1, -0.05) is 0 Å². The predicted octanol–water partition coefficient (Wildman–Crippen LogP) is -0.0454. The summed E-state index contributed by atoms with van der Waals surface area (Å²) in [6, 6.07) is 5.37. The zero-order chi connectivity index (χ0) is 13.3. The number of carbonyl (C=O) groups is 1. The first-order valence-electron chi connectivity index (χ1n) is 5.36. The Morgan fingerprint density at radius 3 is 2.28 bits per heavy atom. The molecule has 3 N–H and O–H groups in total. The van der Waals surface area contributed by atoms with Crippen LogP contribution in [0.3, 0.4) is 0 Å². The van der Waals surface area contributed by atoms with Gasteiger partial charge in [-0.05, 0) is 24.3 Å². The van der Waals surface area contributed by atoms with Crippen LogP contribution in [0, 0.1) is 0 Å². The summed E-state index contributed by atoms with van der Waals surface area (Å²) in [5.41, 5.74) is 0.737. The Balaban J connectivity index is 2.08. The van der Waals surface area contributed by atoms with E-state index in [0.29, 0.717) is 5.69 Å². The van der Waals surface area contributed by atoms with E-state index in [4.69, 9.17) is 5.11 Å². The maximum Gasteiger partial charge on any atom is 0.335 e. The van der Waals surface area contributed by atoms with Crippen molar-refractivity contribution < 1.29 is 23.4 Å². The molecule has 6 nitrogen and oxygen atoms in total. The molecule has 1 aliphatic heterocycles. The zero-order valence-corrected chi connectivity index (χ0v) is 10.2. The van der Waals surface area contributed by atoms with Gasteiger partial charge in [0.15, 0.2) is 9.84 Å². The molecule has 0 aliphatic carbocycles. The summed E-state index contributed by atoms with van der Waals surface area (Å²) in [4.78, 5) is 10.7. The lowest BCUT2D eigenvalue weighted by Crippen LogP contribution is -2.31. The number of aliphatic hydroxyl groups is 1. The normalized spacial score (nSPS) is 25.8. The van der Waals surface area contributed by atoms with Gasteiger partial charge < -0.3 is 15.5 Å². The first-order valence-corrected chi connectivity index (χ1v) is 7.18. The van der Waals surface area contributed by atoms with Gasteiger partial charge in [-0.2, -0.15) is 0 Å². The molecular formula is C11H13NO5S. The van der Waals surface area contributed by atoms with Crippen LogP contribution >= 0.6 is 0 Å². The molecule has 0 saturated carbocycles. The molecule has 1 heterocycles. The minimum absolute atomic E-state index is 0.116. The predicted molar refractivity (Wildman–Crippen MR) is 65.5 cm³/mol. The molecule has 98 valence electrons. The van der Waals surface area contributed by atoms with E-state index < -0.39 is 28.0 Å². The van der Waals surface area contributed by atoms with Gasteiger partial charge in [-0.3, -0.25) is 0 Å². The molecule has 1 fully saturated rings. The first kappa shape index (κ1) is 12.8. The topological polar surface area (TPSA) is 104 Å². The van der Waals surface area contributed by atoms with Crippen molar-refractivity contribution in [1.82, 2.24) is 0 Å². The molecule has 2 rings (SSSR count). The number of anilines is 1. The number of carboxylic acids is 1. The Hall–Kier alpha value is -1.60. The summed E-state index contributed by atoms with van der Waals surface area (Å²) < 4.78 is 22.6. The Bertz CT molecular complexity index is 551. The molecule has 0 unspecified atom stereocenters. The first-order chi connectivity index (χ1) is 8.37. The van der Waals surface area contributed by atoms with Gasteiger partial charge in [0.2, 0.25) is 0 Å². The molecule has 1 saturated heterocycles. The fourth-order valence-electron chi connectivity index (χ4n) is 1.89. The number of hydrogen-bond donors (Lipinski definition) is 3. The molecule has 18 heavy (non-hydrogen) atoms. The molecular weight excluding hydrogens is 258 g/mol. The van der Waals surface area contributed by atoms with Crippen LogP contribution in [0.5, 0.6) is 0 Å². The van der Waals surface area contributed by atoms with Gasteiger partial charge in [0, 0.05) is 5.69 Å². The average molecular weight is 271 g/mol. The SMILES string of the molecule is O=C(O)c1ccc(N[C@H]2CS(=O)(=O)C[C@@H]2O)cc1. The monoisotopic (exact) mass is 271 g/mol. The quantitative estimate of drug-likeness (QED) is 0.712. The molecule has 0 spiro atoms. The fourth-order valence-corrected chi connectivity index (χ4v) is 3.63. The van der Waals surface area contributed by atoms with E-state index in [2.05, 4.69) is 5.32 Å². The Kier molecular flexibility index (Phi) is 3.27.